The second kappa shape index (κ2) is 5.72. The molecule has 1 N–H and O–H groups in total. The quantitative estimate of drug-likeness (QED) is 0.807. The fourth-order valence-electron chi connectivity index (χ4n) is 2.45. The third-order valence-corrected chi connectivity index (χ3v) is 3.90. The van der Waals surface area contributed by atoms with Crippen molar-refractivity contribution in [3.63, 3.8) is 0 Å². The predicted octanol–water partition coefficient (Wildman–Crippen LogP) is 2.31. The lowest BCUT2D eigenvalue weighted by Gasteiger charge is -2.15. The Labute approximate surface area is 133 Å². The average molecular weight is 310 g/mol. The van der Waals surface area contributed by atoms with Crippen LogP contribution in [0.3, 0.4) is 0 Å². The Balaban J connectivity index is 1.90. The van der Waals surface area contributed by atoms with Gasteiger partial charge in [0, 0.05) is 11.9 Å². The van der Waals surface area contributed by atoms with Gasteiger partial charge in [0.1, 0.15) is 17.9 Å². The summed E-state index contributed by atoms with van der Waals surface area (Å²) in [7, 11) is 0. The topological polar surface area (TPSA) is 68.4 Å². The van der Waals surface area contributed by atoms with Crippen molar-refractivity contribution in [3.05, 3.63) is 64.3 Å². The van der Waals surface area contributed by atoms with Crippen molar-refractivity contribution < 1.29 is 4.79 Å². The highest BCUT2D eigenvalue weighted by Gasteiger charge is 2.19. The lowest BCUT2D eigenvalue weighted by atomic mass is 10.1. The Bertz CT molecular complexity index is 939. The number of fused-ring (bicyclic) bond motifs is 1. The van der Waals surface area contributed by atoms with Gasteiger partial charge in [-0.3, -0.25) is 9.59 Å². The van der Waals surface area contributed by atoms with Gasteiger partial charge in [0.05, 0.1) is 0 Å². The summed E-state index contributed by atoms with van der Waals surface area (Å²) < 4.78 is 2.84. The van der Waals surface area contributed by atoms with Gasteiger partial charge in [0.2, 0.25) is 5.91 Å². The predicted molar refractivity (Wildman–Crippen MR) is 88.7 cm³/mol. The maximum absolute atomic E-state index is 12.5. The maximum atomic E-state index is 12.5. The number of rotatable bonds is 3. The van der Waals surface area contributed by atoms with Crippen LogP contribution in [0, 0.1) is 13.8 Å². The molecular weight excluding hydrogens is 292 g/mol. The Hall–Kier alpha value is -2.89. The van der Waals surface area contributed by atoms with Crippen LogP contribution in [0.15, 0.2) is 47.7 Å². The summed E-state index contributed by atoms with van der Waals surface area (Å²) in [5, 5.41) is 6.96. The van der Waals surface area contributed by atoms with Crippen LogP contribution in [0.5, 0.6) is 0 Å². The number of aromatic nitrogens is 3. The van der Waals surface area contributed by atoms with Gasteiger partial charge in [0.15, 0.2) is 0 Å². The Kier molecular flexibility index (Phi) is 3.73. The van der Waals surface area contributed by atoms with E-state index >= 15 is 0 Å². The zero-order valence-corrected chi connectivity index (χ0v) is 13.3. The first-order valence-corrected chi connectivity index (χ1v) is 7.40. The molecule has 0 aliphatic rings. The van der Waals surface area contributed by atoms with Crippen molar-refractivity contribution in [2.75, 3.05) is 5.32 Å². The first-order chi connectivity index (χ1) is 11.0. The molecule has 0 radical (unpaired) electrons. The van der Waals surface area contributed by atoms with Gasteiger partial charge in [-0.25, -0.2) is 4.68 Å². The fourth-order valence-corrected chi connectivity index (χ4v) is 2.45. The molecule has 1 atom stereocenters. The van der Waals surface area contributed by atoms with E-state index in [1.54, 1.807) is 29.7 Å². The largest absolute Gasteiger partial charge is 0.324 e. The fraction of sp³-hybridized carbons (Fsp3) is 0.235. The molecule has 0 bridgehead atoms. The van der Waals surface area contributed by atoms with E-state index in [0.29, 0.717) is 5.52 Å². The molecule has 1 aromatic carbocycles. The maximum Gasteiger partial charge on any atom is 0.291 e. The van der Waals surface area contributed by atoms with E-state index in [2.05, 4.69) is 10.4 Å². The van der Waals surface area contributed by atoms with Crippen molar-refractivity contribution in [1.82, 2.24) is 14.2 Å². The monoisotopic (exact) mass is 310 g/mol. The van der Waals surface area contributed by atoms with Crippen molar-refractivity contribution in [1.29, 1.82) is 0 Å². The van der Waals surface area contributed by atoms with Crippen LogP contribution < -0.4 is 10.9 Å². The highest BCUT2D eigenvalue weighted by molar-refractivity contribution is 5.94. The first kappa shape index (κ1) is 15.0. The molecule has 0 fully saturated rings. The molecule has 2 aromatic heterocycles. The standard InChI is InChI=1S/C17H18N4O2/c1-11-6-7-12(2)14(9-11)19-16(22)13(3)21-17(23)15-5-4-8-20(15)10-18-21/h4-10,13H,1-3H3,(H,19,22). The van der Waals surface area contributed by atoms with Gasteiger partial charge in [-0.2, -0.15) is 5.10 Å². The number of benzene rings is 1. The summed E-state index contributed by atoms with van der Waals surface area (Å²) in [6.45, 7) is 5.55. The molecule has 3 rings (SSSR count). The number of carbonyl (C=O) groups is 1. The van der Waals surface area contributed by atoms with Gasteiger partial charge in [-0.15, -0.1) is 0 Å². The molecule has 1 unspecified atom stereocenters. The van der Waals surface area contributed by atoms with E-state index < -0.39 is 6.04 Å². The zero-order valence-electron chi connectivity index (χ0n) is 13.3. The third-order valence-electron chi connectivity index (χ3n) is 3.90. The number of hydrogen-bond acceptors (Lipinski definition) is 3. The number of amides is 1. The SMILES string of the molecule is Cc1ccc(C)c(NC(=O)C(C)n2ncn3cccc3c2=O)c1. The third kappa shape index (κ3) is 2.75. The van der Waals surface area contributed by atoms with Gasteiger partial charge < -0.3 is 9.72 Å². The number of nitrogens with zero attached hydrogens (tertiary/aromatic N) is 3. The molecule has 0 saturated heterocycles. The van der Waals surface area contributed by atoms with E-state index in [-0.39, 0.29) is 11.5 Å². The number of aryl methyl sites for hydroxylation is 2. The minimum absolute atomic E-state index is 0.274. The summed E-state index contributed by atoms with van der Waals surface area (Å²) in [5.74, 6) is -0.274. The molecule has 2 heterocycles. The van der Waals surface area contributed by atoms with Crippen molar-refractivity contribution >= 4 is 17.1 Å². The lowest BCUT2D eigenvalue weighted by Crippen LogP contribution is -2.34. The summed E-state index contributed by atoms with van der Waals surface area (Å²) in [6.07, 6.45) is 3.27. The lowest BCUT2D eigenvalue weighted by molar-refractivity contribution is -0.119. The summed E-state index contributed by atoms with van der Waals surface area (Å²) in [6, 6.07) is 8.61. The summed E-state index contributed by atoms with van der Waals surface area (Å²) in [4.78, 5) is 24.9. The van der Waals surface area contributed by atoms with Gasteiger partial charge >= 0.3 is 0 Å². The molecule has 6 nitrogen and oxygen atoms in total. The van der Waals surface area contributed by atoms with Crippen molar-refractivity contribution in [2.45, 2.75) is 26.8 Å². The van der Waals surface area contributed by atoms with E-state index in [0.717, 1.165) is 16.8 Å². The average Bonchev–Trinajstić information content (AvgIpc) is 3.00. The number of anilines is 1. The number of carbonyl (C=O) groups excluding carboxylic acids is 1. The van der Waals surface area contributed by atoms with Crippen LogP contribution in [0.1, 0.15) is 24.1 Å². The summed E-state index contributed by atoms with van der Waals surface area (Å²) >= 11 is 0. The zero-order chi connectivity index (χ0) is 16.6. The highest BCUT2D eigenvalue weighted by Crippen LogP contribution is 2.17. The van der Waals surface area contributed by atoms with Gasteiger partial charge in [0.25, 0.3) is 5.56 Å². The van der Waals surface area contributed by atoms with E-state index in [1.807, 2.05) is 32.0 Å². The van der Waals surface area contributed by atoms with Crippen LogP contribution in [0.2, 0.25) is 0 Å². The highest BCUT2D eigenvalue weighted by atomic mass is 16.2. The molecule has 3 aromatic rings. The second-order valence-electron chi connectivity index (χ2n) is 5.66. The molecular formula is C17H18N4O2. The molecule has 0 aliphatic carbocycles. The smallest absolute Gasteiger partial charge is 0.291 e. The Morgan fingerprint density at radius 1 is 1.26 bits per heavy atom. The van der Waals surface area contributed by atoms with Crippen molar-refractivity contribution in [2.24, 2.45) is 0 Å². The molecule has 0 aliphatic heterocycles. The molecule has 6 heteroatoms. The van der Waals surface area contributed by atoms with Gasteiger partial charge in [-0.1, -0.05) is 12.1 Å². The van der Waals surface area contributed by atoms with Crippen LogP contribution in [0.4, 0.5) is 5.69 Å². The Morgan fingerprint density at radius 3 is 2.83 bits per heavy atom. The van der Waals surface area contributed by atoms with E-state index in [4.69, 9.17) is 0 Å². The number of nitrogens with one attached hydrogen (secondary N) is 1. The molecule has 1 amide bonds. The Morgan fingerprint density at radius 2 is 2.04 bits per heavy atom. The van der Waals surface area contributed by atoms with Crippen molar-refractivity contribution in [3.8, 4) is 0 Å². The normalized spacial score (nSPS) is 12.3. The van der Waals surface area contributed by atoms with Crippen LogP contribution in [-0.4, -0.2) is 20.1 Å². The van der Waals surface area contributed by atoms with Crippen LogP contribution >= 0.6 is 0 Å². The minimum Gasteiger partial charge on any atom is -0.324 e. The number of hydrogen-bond donors (Lipinski definition) is 1. The second-order valence-corrected chi connectivity index (χ2v) is 5.66. The van der Waals surface area contributed by atoms with Gasteiger partial charge in [-0.05, 0) is 50.1 Å². The van der Waals surface area contributed by atoms with E-state index in [1.165, 1.54) is 11.0 Å². The van der Waals surface area contributed by atoms with Crippen LogP contribution in [-0.2, 0) is 4.79 Å². The summed E-state index contributed by atoms with van der Waals surface area (Å²) in [5.41, 5.74) is 2.98. The molecule has 118 valence electrons. The first-order valence-electron chi connectivity index (χ1n) is 7.40. The van der Waals surface area contributed by atoms with E-state index in [9.17, 15) is 9.59 Å². The molecule has 23 heavy (non-hydrogen) atoms. The molecule has 0 spiro atoms. The minimum atomic E-state index is -0.706. The molecule has 0 saturated carbocycles. The van der Waals surface area contributed by atoms with Crippen LogP contribution in [0.25, 0.3) is 5.52 Å².